The number of hydrogen-bond acceptors (Lipinski definition) is 4. The normalized spacial score (nSPS) is 9.69. The van der Waals surface area contributed by atoms with Gasteiger partial charge in [0.25, 0.3) is 5.69 Å². The largest absolute Gasteiger partial charge is 0.294 e. The minimum Gasteiger partial charge on any atom is -0.282 e. The van der Waals surface area contributed by atoms with Crippen molar-refractivity contribution in [2.24, 2.45) is 0 Å². The second-order valence-corrected chi connectivity index (χ2v) is 3.12. The molecular weight excluding hydrogens is 210 g/mol. The number of rotatable bonds is 2. The highest BCUT2D eigenvalue weighted by atomic mass is 32.1. The zero-order chi connectivity index (χ0) is 10.0. The van der Waals surface area contributed by atoms with Crippen LogP contribution in [-0.2, 0) is 0 Å². The fourth-order valence-electron chi connectivity index (χ4n) is 0.896. The molecule has 0 radical (unpaired) electrons. The van der Waals surface area contributed by atoms with Gasteiger partial charge in [-0.05, 0) is 12.1 Å². The molecule has 0 aliphatic rings. The molecule has 0 N–H and O–H groups in total. The van der Waals surface area contributed by atoms with Gasteiger partial charge in [-0.1, -0.05) is 6.07 Å². The summed E-state index contributed by atoms with van der Waals surface area (Å²) in [6.45, 7) is 0. The summed E-state index contributed by atoms with van der Waals surface area (Å²) in [7, 11) is 0. The Morgan fingerprint density at radius 3 is 2.46 bits per heavy atom. The van der Waals surface area contributed by atoms with Crippen LogP contribution in [0.1, 0.15) is 10.4 Å². The van der Waals surface area contributed by atoms with E-state index in [1.807, 2.05) is 0 Å². The highest BCUT2D eigenvalue weighted by molar-refractivity contribution is 7.97. The number of carbonyl (C=O) groups excluding carboxylic acids is 1. The Kier molecular flexibility index (Phi) is 2.94. The van der Waals surface area contributed by atoms with Gasteiger partial charge in [0.05, 0.1) is 9.82 Å². The molecule has 4 nitrogen and oxygen atoms in total. The molecule has 0 amide bonds. The number of nitro benzene ring substituents is 1. The van der Waals surface area contributed by atoms with E-state index in [-0.39, 0.29) is 16.1 Å². The third kappa shape index (κ3) is 2.02. The summed E-state index contributed by atoms with van der Waals surface area (Å²) in [6, 6.07) is 4.30. The molecule has 0 aliphatic carbocycles. The first-order valence-electron chi connectivity index (χ1n) is 3.23. The van der Waals surface area contributed by atoms with E-state index in [1.54, 1.807) is 0 Å². The molecule has 0 saturated carbocycles. The Morgan fingerprint density at radius 2 is 2.08 bits per heavy atom. The average Bonchev–Trinajstić information content (AvgIpc) is 2.02. The van der Waals surface area contributed by atoms with E-state index in [0.29, 0.717) is 0 Å². The van der Waals surface area contributed by atoms with Crippen molar-refractivity contribution in [3.63, 3.8) is 0 Å². The minimum atomic E-state index is -0.647. The van der Waals surface area contributed by atoms with Gasteiger partial charge >= 0.3 is 0 Å². The molecule has 0 heterocycles. The van der Waals surface area contributed by atoms with E-state index in [0.717, 1.165) is 0 Å². The Hall–Kier alpha value is -1.01. The van der Waals surface area contributed by atoms with E-state index >= 15 is 0 Å². The number of nitrogens with zero attached hydrogens (tertiary/aromatic N) is 1. The molecule has 0 spiro atoms. The van der Waals surface area contributed by atoms with Crippen LogP contribution in [-0.4, -0.2) is 10.0 Å². The summed E-state index contributed by atoms with van der Waals surface area (Å²) >= 11 is 7.40. The van der Waals surface area contributed by atoms with Crippen LogP contribution in [0.5, 0.6) is 0 Å². The maximum absolute atomic E-state index is 10.8. The van der Waals surface area contributed by atoms with Crippen molar-refractivity contribution in [2.45, 2.75) is 4.90 Å². The second-order valence-electron chi connectivity index (χ2n) is 2.24. The number of carbonyl (C=O) groups is 1. The van der Waals surface area contributed by atoms with Gasteiger partial charge < -0.3 is 0 Å². The first-order valence-corrected chi connectivity index (χ1v) is 4.13. The summed E-state index contributed by atoms with van der Waals surface area (Å²) in [4.78, 5) is 20.9. The quantitative estimate of drug-likeness (QED) is 0.450. The highest BCUT2D eigenvalue weighted by Gasteiger charge is 2.20. The number of para-hydroxylation sites is 1. The molecule has 6 heteroatoms. The van der Waals surface area contributed by atoms with Crippen LogP contribution < -0.4 is 0 Å². The van der Waals surface area contributed by atoms with Crippen LogP contribution in [0.25, 0.3) is 0 Å². The third-order valence-electron chi connectivity index (χ3n) is 1.43. The maximum atomic E-state index is 10.8. The fraction of sp³-hybridized carbons (Fsp3) is 0. The van der Waals surface area contributed by atoms with Gasteiger partial charge in [0, 0.05) is 0 Å². The lowest BCUT2D eigenvalue weighted by atomic mass is 10.2. The molecule has 0 aromatic heterocycles. The predicted molar refractivity (Wildman–Crippen MR) is 53.7 cm³/mol. The van der Waals surface area contributed by atoms with Gasteiger partial charge in [0.15, 0.2) is 0 Å². The monoisotopic (exact) mass is 215 g/mol. The molecule has 1 rings (SSSR count). The summed E-state index contributed by atoms with van der Waals surface area (Å²) in [6.07, 6.45) is 0. The molecule has 13 heavy (non-hydrogen) atoms. The molecule has 1 aromatic carbocycles. The van der Waals surface area contributed by atoms with Crippen LogP contribution >= 0.6 is 25.3 Å². The zero-order valence-electron chi connectivity index (χ0n) is 6.30. The fourth-order valence-corrected chi connectivity index (χ4v) is 1.36. The number of thiol groups is 2. The van der Waals surface area contributed by atoms with Gasteiger partial charge in [0.2, 0.25) is 5.12 Å². The van der Waals surface area contributed by atoms with Gasteiger partial charge in [-0.2, -0.15) is 0 Å². The topological polar surface area (TPSA) is 60.2 Å². The Labute approximate surface area is 84.9 Å². The average molecular weight is 215 g/mol. The van der Waals surface area contributed by atoms with Gasteiger partial charge in [-0.15, -0.1) is 25.3 Å². The molecule has 0 aliphatic heterocycles. The summed E-state index contributed by atoms with van der Waals surface area (Å²) in [5.74, 6) is 0. The van der Waals surface area contributed by atoms with Gasteiger partial charge in [0.1, 0.15) is 5.56 Å². The molecule has 0 saturated heterocycles. The lowest BCUT2D eigenvalue weighted by molar-refractivity contribution is -0.387. The van der Waals surface area contributed by atoms with Crippen molar-refractivity contribution in [1.29, 1.82) is 0 Å². The molecular formula is C7H5NO3S2. The van der Waals surface area contributed by atoms with E-state index in [4.69, 9.17) is 0 Å². The van der Waals surface area contributed by atoms with Gasteiger partial charge in [-0.3, -0.25) is 14.9 Å². The molecule has 0 atom stereocenters. The Balaban J connectivity index is 3.43. The van der Waals surface area contributed by atoms with E-state index in [2.05, 4.69) is 25.3 Å². The van der Waals surface area contributed by atoms with Crippen molar-refractivity contribution >= 4 is 36.1 Å². The highest BCUT2D eigenvalue weighted by Crippen LogP contribution is 2.27. The number of nitro groups is 1. The van der Waals surface area contributed by atoms with Crippen molar-refractivity contribution < 1.29 is 9.72 Å². The Bertz CT molecular complexity index is 378. The van der Waals surface area contributed by atoms with Crippen LogP contribution in [0.3, 0.4) is 0 Å². The molecule has 0 unspecified atom stereocenters. The minimum absolute atomic E-state index is 0.0409. The summed E-state index contributed by atoms with van der Waals surface area (Å²) in [5, 5.41) is 9.88. The summed E-state index contributed by atoms with van der Waals surface area (Å²) < 4.78 is 0. The van der Waals surface area contributed by atoms with Gasteiger partial charge in [-0.25, -0.2) is 0 Å². The van der Waals surface area contributed by atoms with Crippen molar-refractivity contribution in [3.8, 4) is 0 Å². The summed E-state index contributed by atoms with van der Waals surface area (Å²) in [5.41, 5.74) is -0.341. The zero-order valence-corrected chi connectivity index (χ0v) is 8.09. The SMILES string of the molecule is O=C(S)c1cccc(S)c1[N+](=O)[O-]. The van der Waals surface area contributed by atoms with Crippen LogP contribution in [0.15, 0.2) is 23.1 Å². The van der Waals surface area contributed by atoms with Crippen LogP contribution in [0, 0.1) is 10.1 Å². The van der Waals surface area contributed by atoms with E-state index < -0.39 is 10.0 Å². The maximum Gasteiger partial charge on any atom is 0.294 e. The van der Waals surface area contributed by atoms with E-state index in [1.165, 1.54) is 18.2 Å². The number of hydrogen-bond donors (Lipinski definition) is 2. The van der Waals surface area contributed by atoms with Crippen molar-refractivity contribution in [1.82, 2.24) is 0 Å². The smallest absolute Gasteiger partial charge is 0.282 e. The molecule has 68 valence electrons. The molecule has 1 aromatic rings. The first kappa shape index (κ1) is 10.1. The van der Waals surface area contributed by atoms with E-state index in [9.17, 15) is 14.9 Å². The molecule has 0 bridgehead atoms. The second kappa shape index (κ2) is 3.80. The Morgan fingerprint density at radius 1 is 1.46 bits per heavy atom. The van der Waals surface area contributed by atoms with Crippen LogP contribution in [0.4, 0.5) is 5.69 Å². The first-order chi connectivity index (χ1) is 6.04. The standard InChI is InChI=1S/C7H5NO3S2/c9-7(13)4-2-1-3-5(12)6(4)8(10)11/h1-3,12H,(H,9,13). The lowest BCUT2D eigenvalue weighted by Gasteiger charge is -1.99. The predicted octanol–water partition coefficient (Wildman–Crippen LogP) is 1.95. The lowest BCUT2D eigenvalue weighted by Crippen LogP contribution is -1.99. The van der Waals surface area contributed by atoms with Crippen LogP contribution in [0.2, 0.25) is 0 Å². The van der Waals surface area contributed by atoms with Crippen molar-refractivity contribution in [2.75, 3.05) is 0 Å². The third-order valence-corrected chi connectivity index (χ3v) is 2.03. The van der Waals surface area contributed by atoms with Crippen molar-refractivity contribution in [3.05, 3.63) is 33.9 Å². The molecule has 0 fully saturated rings. The number of benzene rings is 1.